The van der Waals surface area contributed by atoms with Gasteiger partial charge >= 0.3 is 0 Å². The van der Waals surface area contributed by atoms with Gasteiger partial charge in [0.15, 0.2) is 0 Å². The van der Waals surface area contributed by atoms with Gasteiger partial charge in [-0.25, -0.2) is 9.67 Å². The number of benzene rings is 2. The number of hydrogen-bond acceptors (Lipinski definition) is 5. The van der Waals surface area contributed by atoms with Crippen molar-refractivity contribution >= 4 is 11.6 Å². The Morgan fingerprint density at radius 1 is 1.16 bits per heavy atom. The summed E-state index contributed by atoms with van der Waals surface area (Å²) in [6, 6.07) is 12.9. The maximum Gasteiger partial charge on any atom is 0.269 e. The van der Waals surface area contributed by atoms with Crippen molar-refractivity contribution < 1.29 is 9.72 Å². The molecule has 2 aromatic carbocycles. The monoisotopic (exact) mass is 337 g/mol. The van der Waals surface area contributed by atoms with Crippen LogP contribution in [0.15, 0.2) is 61.2 Å². The predicted molar refractivity (Wildman–Crippen MR) is 90.3 cm³/mol. The van der Waals surface area contributed by atoms with Gasteiger partial charge in [0, 0.05) is 17.7 Å². The van der Waals surface area contributed by atoms with Crippen LogP contribution in [0.5, 0.6) is 0 Å². The molecule has 0 aliphatic heterocycles. The molecule has 1 unspecified atom stereocenters. The molecule has 3 aromatic rings. The highest BCUT2D eigenvalue weighted by Crippen LogP contribution is 2.17. The number of non-ortho nitro benzene ring substituents is 1. The summed E-state index contributed by atoms with van der Waals surface area (Å²) in [5.41, 5.74) is 2.12. The first kappa shape index (κ1) is 16.3. The summed E-state index contributed by atoms with van der Waals surface area (Å²) >= 11 is 0. The van der Waals surface area contributed by atoms with Crippen LogP contribution in [-0.2, 0) is 0 Å². The van der Waals surface area contributed by atoms with E-state index < -0.39 is 4.92 Å². The fourth-order valence-electron chi connectivity index (χ4n) is 2.36. The molecule has 0 aliphatic rings. The summed E-state index contributed by atoms with van der Waals surface area (Å²) < 4.78 is 1.64. The van der Waals surface area contributed by atoms with Gasteiger partial charge in [-0.15, -0.1) is 0 Å². The average Bonchev–Trinajstić information content (AvgIpc) is 3.16. The number of carbonyl (C=O) groups excluding carboxylic acids is 1. The van der Waals surface area contributed by atoms with Crippen molar-refractivity contribution in [3.8, 4) is 5.69 Å². The number of nitro groups is 1. The molecule has 0 spiro atoms. The second kappa shape index (κ2) is 6.91. The molecule has 0 saturated carbocycles. The fraction of sp³-hybridized carbons (Fsp3) is 0.118. The van der Waals surface area contributed by atoms with Crippen LogP contribution >= 0.6 is 0 Å². The number of amides is 1. The van der Waals surface area contributed by atoms with E-state index in [4.69, 9.17) is 0 Å². The van der Waals surface area contributed by atoms with Crippen LogP contribution in [0, 0.1) is 10.1 Å². The van der Waals surface area contributed by atoms with Crippen LogP contribution in [0.2, 0.25) is 0 Å². The zero-order valence-corrected chi connectivity index (χ0v) is 13.4. The molecule has 8 heteroatoms. The second-order valence-electron chi connectivity index (χ2n) is 5.43. The van der Waals surface area contributed by atoms with E-state index in [2.05, 4.69) is 15.4 Å². The molecule has 0 fully saturated rings. The van der Waals surface area contributed by atoms with Crippen molar-refractivity contribution in [1.29, 1.82) is 0 Å². The van der Waals surface area contributed by atoms with Gasteiger partial charge in [-0.2, -0.15) is 5.10 Å². The Labute approximate surface area is 143 Å². The summed E-state index contributed by atoms with van der Waals surface area (Å²) in [6.07, 6.45) is 3.07. The molecule has 1 amide bonds. The summed E-state index contributed by atoms with van der Waals surface area (Å²) in [4.78, 5) is 26.3. The minimum absolute atomic E-state index is 0.0479. The minimum atomic E-state index is -0.499. The predicted octanol–water partition coefficient (Wildman–Crippen LogP) is 2.67. The first-order chi connectivity index (χ1) is 12.0. The lowest BCUT2D eigenvalue weighted by Crippen LogP contribution is -2.26. The van der Waals surface area contributed by atoms with Gasteiger partial charge in [0.25, 0.3) is 11.6 Å². The van der Waals surface area contributed by atoms with Crippen molar-refractivity contribution in [3.63, 3.8) is 0 Å². The van der Waals surface area contributed by atoms with Crippen LogP contribution in [-0.4, -0.2) is 25.6 Å². The molecule has 0 bridgehead atoms. The molecule has 3 rings (SSSR count). The average molecular weight is 337 g/mol. The number of carbonyl (C=O) groups is 1. The molecular weight excluding hydrogens is 322 g/mol. The van der Waals surface area contributed by atoms with E-state index in [-0.39, 0.29) is 17.6 Å². The zero-order valence-electron chi connectivity index (χ0n) is 13.4. The Balaban J connectivity index is 1.67. The Kier molecular flexibility index (Phi) is 4.51. The molecule has 1 atom stereocenters. The number of nitrogens with zero attached hydrogens (tertiary/aromatic N) is 4. The summed E-state index contributed by atoms with van der Waals surface area (Å²) in [6.45, 7) is 1.87. The molecule has 126 valence electrons. The van der Waals surface area contributed by atoms with E-state index in [1.165, 1.54) is 30.6 Å². The lowest BCUT2D eigenvalue weighted by atomic mass is 10.1. The van der Waals surface area contributed by atoms with Crippen molar-refractivity contribution in [2.75, 3.05) is 0 Å². The van der Waals surface area contributed by atoms with E-state index in [1.54, 1.807) is 11.0 Å². The van der Waals surface area contributed by atoms with E-state index in [9.17, 15) is 14.9 Å². The zero-order chi connectivity index (χ0) is 17.8. The first-order valence-corrected chi connectivity index (χ1v) is 7.55. The Morgan fingerprint density at radius 2 is 1.84 bits per heavy atom. The van der Waals surface area contributed by atoms with Crippen LogP contribution in [0.4, 0.5) is 5.69 Å². The lowest BCUT2D eigenvalue weighted by molar-refractivity contribution is -0.384. The van der Waals surface area contributed by atoms with E-state index >= 15 is 0 Å². The number of nitro benzene ring substituents is 1. The van der Waals surface area contributed by atoms with Gasteiger partial charge in [0.2, 0.25) is 0 Å². The molecule has 1 aromatic heterocycles. The SMILES string of the molecule is CC(NC(=O)c1ccc([N+](=O)[O-])cc1)c1ccc(-n2cncn2)cc1. The largest absolute Gasteiger partial charge is 0.346 e. The van der Waals surface area contributed by atoms with Crippen LogP contribution in [0.1, 0.15) is 28.9 Å². The highest BCUT2D eigenvalue weighted by Gasteiger charge is 2.13. The third-order valence-corrected chi connectivity index (χ3v) is 3.76. The van der Waals surface area contributed by atoms with Crippen molar-refractivity contribution in [3.05, 3.63) is 82.4 Å². The maximum absolute atomic E-state index is 12.3. The molecule has 0 aliphatic carbocycles. The minimum Gasteiger partial charge on any atom is -0.346 e. The molecule has 0 radical (unpaired) electrons. The molecule has 8 nitrogen and oxygen atoms in total. The van der Waals surface area contributed by atoms with E-state index in [0.29, 0.717) is 5.56 Å². The number of hydrogen-bond donors (Lipinski definition) is 1. The summed E-state index contributed by atoms with van der Waals surface area (Å²) in [5, 5.41) is 17.6. The van der Waals surface area contributed by atoms with Crippen LogP contribution in [0.3, 0.4) is 0 Å². The number of aromatic nitrogens is 3. The lowest BCUT2D eigenvalue weighted by Gasteiger charge is -2.15. The van der Waals surface area contributed by atoms with Gasteiger partial charge in [0.05, 0.1) is 16.7 Å². The van der Waals surface area contributed by atoms with E-state index in [0.717, 1.165) is 11.3 Å². The van der Waals surface area contributed by atoms with Crippen LogP contribution < -0.4 is 5.32 Å². The molecule has 25 heavy (non-hydrogen) atoms. The third kappa shape index (κ3) is 3.69. The number of rotatable bonds is 5. The third-order valence-electron chi connectivity index (χ3n) is 3.76. The van der Waals surface area contributed by atoms with Gasteiger partial charge in [-0.3, -0.25) is 14.9 Å². The van der Waals surface area contributed by atoms with Crippen molar-refractivity contribution in [2.24, 2.45) is 0 Å². The topological polar surface area (TPSA) is 103 Å². The highest BCUT2D eigenvalue weighted by molar-refractivity contribution is 5.94. The van der Waals surface area contributed by atoms with Gasteiger partial charge in [0.1, 0.15) is 12.7 Å². The number of nitrogens with one attached hydrogen (secondary N) is 1. The Bertz CT molecular complexity index is 874. The fourth-order valence-corrected chi connectivity index (χ4v) is 2.36. The smallest absolute Gasteiger partial charge is 0.269 e. The van der Waals surface area contributed by atoms with Crippen molar-refractivity contribution in [1.82, 2.24) is 20.1 Å². The molecule has 1 heterocycles. The van der Waals surface area contributed by atoms with Gasteiger partial charge < -0.3 is 5.32 Å². The quantitative estimate of drug-likeness (QED) is 0.569. The van der Waals surface area contributed by atoms with Gasteiger partial charge in [-0.1, -0.05) is 12.1 Å². The summed E-state index contributed by atoms with van der Waals surface area (Å²) in [5.74, 6) is -0.289. The second-order valence-corrected chi connectivity index (χ2v) is 5.43. The normalized spacial score (nSPS) is 11.7. The maximum atomic E-state index is 12.3. The standard InChI is InChI=1S/C17H15N5O3/c1-12(13-2-6-15(7-3-13)21-11-18-10-19-21)20-17(23)14-4-8-16(9-5-14)22(24)25/h2-12H,1H3,(H,20,23). The summed E-state index contributed by atoms with van der Waals surface area (Å²) in [7, 11) is 0. The Hall–Kier alpha value is -3.55. The Morgan fingerprint density at radius 3 is 2.40 bits per heavy atom. The van der Waals surface area contributed by atoms with Crippen molar-refractivity contribution in [2.45, 2.75) is 13.0 Å². The van der Waals surface area contributed by atoms with Gasteiger partial charge in [-0.05, 0) is 36.8 Å². The molecule has 1 N–H and O–H groups in total. The molecule has 0 saturated heterocycles. The highest BCUT2D eigenvalue weighted by atomic mass is 16.6. The first-order valence-electron chi connectivity index (χ1n) is 7.55. The van der Waals surface area contributed by atoms with Crippen LogP contribution in [0.25, 0.3) is 5.69 Å². The van der Waals surface area contributed by atoms with E-state index in [1.807, 2.05) is 31.2 Å². The molecular formula is C17H15N5O3.